The van der Waals surface area contributed by atoms with E-state index in [1.807, 2.05) is 31.2 Å². The van der Waals surface area contributed by atoms with Gasteiger partial charge in [-0.05, 0) is 54.8 Å². The molecule has 0 radical (unpaired) electrons. The zero-order valence-electron chi connectivity index (χ0n) is 14.9. The predicted molar refractivity (Wildman–Crippen MR) is 102 cm³/mol. The average Bonchev–Trinajstić information content (AvgIpc) is 3.03. The molecule has 1 N–H and O–H groups in total. The van der Waals surface area contributed by atoms with Crippen LogP contribution in [0.25, 0.3) is 0 Å². The van der Waals surface area contributed by atoms with Crippen LogP contribution in [0.5, 0.6) is 0 Å². The van der Waals surface area contributed by atoms with Crippen molar-refractivity contribution in [3.63, 3.8) is 0 Å². The summed E-state index contributed by atoms with van der Waals surface area (Å²) in [6.45, 7) is 2.53. The molecule has 0 saturated heterocycles. The standard InChI is InChI=1S/C21H19FN4O/c1-14-12-16-4-2-3-5-19(16)26(14)21(27)18-10-11-20(25-24-18)23-13-15-6-8-17(22)9-7-15/h2-11,14H,12-13H2,1H3,(H,23,25). The van der Waals surface area contributed by atoms with Gasteiger partial charge in [0.05, 0.1) is 0 Å². The van der Waals surface area contributed by atoms with Gasteiger partial charge in [0.25, 0.3) is 5.91 Å². The molecule has 3 aromatic rings. The number of aromatic nitrogens is 2. The molecule has 1 aliphatic heterocycles. The number of nitrogens with one attached hydrogen (secondary N) is 1. The number of halogens is 1. The lowest BCUT2D eigenvalue weighted by molar-refractivity contribution is 0.0975. The fourth-order valence-electron chi connectivity index (χ4n) is 3.33. The van der Waals surface area contributed by atoms with Crippen LogP contribution in [-0.2, 0) is 13.0 Å². The third-order valence-electron chi connectivity index (χ3n) is 4.70. The number of benzene rings is 2. The lowest BCUT2D eigenvalue weighted by Gasteiger charge is -2.22. The van der Waals surface area contributed by atoms with Gasteiger partial charge in [0.2, 0.25) is 0 Å². The van der Waals surface area contributed by atoms with Gasteiger partial charge in [-0.1, -0.05) is 30.3 Å². The summed E-state index contributed by atoms with van der Waals surface area (Å²) in [5, 5.41) is 11.3. The Labute approximate surface area is 156 Å². The fourth-order valence-corrected chi connectivity index (χ4v) is 3.33. The Hall–Kier alpha value is -3.28. The molecule has 2 heterocycles. The first kappa shape index (κ1) is 17.1. The van der Waals surface area contributed by atoms with Crippen molar-refractivity contribution in [2.45, 2.75) is 25.9 Å². The van der Waals surface area contributed by atoms with Crippen LogP contribution in [0.3, 0.4) is 0 Å². The Morgan fingerprint density at radius 3 is 2.63 bits per heavy atom. The van der Waals surface area contributed by atoms with E-state index in [1.165, 1.54) is 17.7 Å². The first-order valence-electron chi connectivity index (χ1n) is 8.85. The normalized spacial score (nSPS) is 15.5. The summed E-state index contributed by atoms with van der Waals surface area (Å²) in [5.41, 5.74) is 3.35. The number of anilines is 2. The molecule has 0 aliphatic carbocycles. The summed E-state index contributed by atoms with van der Waals surface area (Å²) in [6.07, 6.45) is 0.840. The second-order valence-corrected chi connectivity index (χ2v) is 6.64. The van der Waals surface area contributed by atoms with E-state index in [1.54, 1.807) is 29.2 Å². The summed E-state index contributed by atoms with van der Waals surface area (Å²) < 4.78 is 12.9. The van der Waals surface area contributed by atoms with E-state index in [0.717, 1.165) is 17.7 Å². The van der Waals surface area contributed by atoms with Gasteiger partial charge in [0.1, 0.15) is 11.6 Å². The molecular formula is C21H19FN4O. The van der Waals surface area contributed by atoms with Crippen LogP contribution in [0.15, 0.2) is 60.7 Å². The van der Waals surface area contributed by atoms with E-state index in [0.29, 0.717) is 18.1 Å². The molecule has 0 fully saturated rings. The van der Waals surface area contributed by atoms with Crippen LogP contribution < -0.4 is 10.2 Å². The Morgan fingerprint density at radius 1 is 1.11 bits per heavy atom. The molecule has 0 spiro atoms. The number of hydrogen-bond donors (Lipinski definition) is 1. The smallest absolute Gasteiger partial charge is 0.279 e. The highest BCUT2D eigenvalue weighted by Gasteiger charge is 2.31. The summed E-state index contributed by atoms with van der Waals surface area (Å²) in [7, 11) is 0. The highest BCUT2D eigenvalue weighted by atomic mass is 19.1. The number of nitrogens with zero attached hydrogens (tertiary/aromatic N) is 3. The van der Waals surface area contributed by atoms with Crippen molar-refractivity contribution < 1.29 is 9.18 Å². The maximum absolute atomic E-state index is 12.9. The topological polar surface area (TPSA) is 58.1 Å². The number of hydrogen-bond acceptors (Lipinski definition) is 4. The zero-order valence-corrected chi connectivity index (χ0v) is 14.9. The number of amides is 1. The number of rotatable bonds is 4. The number of carbonyl (C=O) groups excluding carboxylic acids is 1. The summed E-state index contributed by atoms with van der Waals surface area (Å²) in [4.78, 5) is 14.7. The van der Waals surface area contributed by atoms with Crippen LogP contribution in [0.1, 0.15) is 28.5 Å². The largest absolute Gasteiger partial charge is 0.365 e. The minimum atomic E-state index is -0.265. The Balaban J connectivity index is 1.46. The number of fused-ring (bicyclic) bond motifs is 1. The van der Waals surface area contributed by atoms with E-state index >= 15 is 0 Å². The average molecular weight is 362 g/mol. The van der Waals surface area contributed by atoms with Gasteiger partial charge in [-0.3, -0.25) is 4.79 Å². The maximum Gasteiger partial charge on any atom is 0.279 e. The zero-order chi connectivity index (χ0) is 18.8. The fraction of sp³-hybridized carbons (Fsp3) is 0.190. The van der Waals surface area contributed by atoms with Gasteiger partial charge in [-0.2, -0.15) is 0 Å². The predicted octanol–water partition coefficient (Wildman–Crippen LogP) is 3.82. The monoisotopic (exact) mass is 362 g/mol. The third-order valence-corrected chi connectivity index (χ3v) is 4.70. The van der Waals surface area contributed by atoms with Crippen molar-refractivity contribution in [1.82, 2.24) is 10.2 Å². The van der Waals surface area contributed by atoms with Crippen LogP contribution in [0.4, 0.5) is 15.9 Å². The third kappa shape index (κ3) is 3.51. The number of carbonyl (C=O) groups is 1. The van der Waals surface area contributed by atoms with Gasteiger partial charge in [0, 0.05) is 18.3 Å². The molecule has 136 valence electrons. The van der Waals surface area contributed by atoms with Gasteiger partial charge in [-0.15, -0.1) is 10.2 Å². The summed E-state index contributed by atoms with van der Waals surface area (Å²) in [6, 6.07) is 17.7. The number of para-hydroxylation sites is 1. The molecule has 1 unspecified atom stereocenters. The van der Waals surface area contributed by atoms with Crippen molar-refractivity contribution in [3.05, 3.63) is 83.3 Å². The highest BCUT2D eigenvalue weighted by molar-refractivity contribution is 6.06. The molecular weight excluding hydrogens is 343 g/mol. The molecule has 27 heavy (non-hydrogen) atoms. The van der Waals surface area contributed by atoms with E-state index in [2.05, 4.69) is 15.5 Å². The van der Waals surface area contributed by atoms with Gasteiger partial charge >= 0.3 is 0 Å². The molecule has 4 rings (SSSR count). The molecule has 5 nitrogen and oxygen atoms in total. The molecule has 0 bridgehead atoms. The van der Waals surface area contributed by atoms with Crippen molar-refractivity contribution in [3.8, 4) is 0 Å². The first-order valence-corrected chi connectivity index (χ1v) is 8.85. The summed E-state index contributed by atoms with van der Waals surface area (Å²) in [5.74, 6) is 0.148. The molecule has 1 atom stereocenters. The highest BCUT2D eigenvalue weighted by Crippen LogP contribution is 2.32. The molecule has 6 heteroatoms. The lowest BCUT2D eigenvalue weighted by Crippen LogP contribution is -2.36. The maximum atomic E-state index is 12.9. The first-order chi connectivity index (χ1) is 13.1. The van der Waals surface area contributed by atoms with Crippen molar-refractivity contribution in [2.24, 2.45) is 0 Å². The van der Waals surface area contributed by atoms with Gasteiger partial charge in [-0.25, -0.2) is 4.39 Å². The molecule has 2 aromatic carbocycles. The van der Waals surface area contributed by atoms with E-state index in [9.17, 15) is 9.18 Å². The van der Waals surface area contributed by atoms with Crippen molar-refractivity contribution in [1.29, 1.82) is 0 Å². The van der Waals surface area contributed by atoms with Crippen LogP contribution in [0.2, 0.25) is 0 Å². The minimum Gasteiger partial charge on any atom is -0.365 e. The lowest BCUT2D eigenvalue weighted by atomic mass is 10.1. The molecule has 1 aliphatic rings. The second kappa shape index (κ2) is 7.15. The van der Waals surface area contributed by atoms with Crippen molar-refractivity contribution >= 4 is 17.4 Å². The van der Waals surface area contributed by atoms with Gasteiger partial charge in [0.15, 0.2) is 5.69 Å². The Kier molecular flexibility index (Phi) is 4.54. The molecule has 0 saturated carbocycles. The minimum absolute atomic E-state index is 0.0907. The van der Waals surface area contributed by atoms with Crippen LogP contribution >= 0.6 is 0 Å². The van der Waals surface area contributed by atoms with Crippen LogP contribution in [0, 0.1) is 5.82 Å². The van der Waals surface area contributed by atoms with Crippen molar-refractivity contribution in [2.75, 3.05) is 10.2 Å². The Morgan fingerprint density at radius 2 is 1.89 bits per heavy atom. The van der Waals surface area contributed by atoms with E-state index in [4.69, 9.17) is 0 Å². The van der Waals surface area contributed by atoms with Gasteiger partial charge < -0.3 is 10.2 Å². The van der Waals surface area contributed by atoms with E-state index in [-0.39, 0.29) is 17.8 Å². The quantitative estimate of drug-likeness (QED) is 0.767. The Bertz CT molecular complexity index is 957. The second-order valence-electron chi connectivity index (χ2n) is 6.64. The summed E-state index contributed by atoms with van der Waals surface area (Å²) >= 11 is 0. The molecule has 1 aromatic heterocycles. The molecule has 1 amide bonds. The van der Waals surface area contributed by atoms with Crippen LogP contribution in [-0.4, -0.2) is 22.1 Å². The SMILES string of the molecule is CC1Cc2ccccc2N1C(=O)c1ccc(NCc2ccc(F)cc2)nn1. The van der Waals surface area contributed by atoms with E-state index < -0.39 is 0 Å².